The number of amides is 1. The number of nitrogens with two attached hydrogens (primary N) is 1. The van der Waals surface area contributed by atoms with E-state index in [0.717, 1.165) is 67.4 Å². The van der Waals surface area contributed by atoms with Crippen LogP contribution in [0.4, 0.5) is 22.0 Å². The van der Waals surface area contributed by atoms with Crippen molar-refractivity contribution >= 4 is 23.5 Å². The molecule has 43 heavy (non-hydrogen) atoms. The lowest BCUT2D eigenvalue weighted by molar-refractivity contribution is -0.275. The van der Waals surface area contributed by atoms with E-state index in [2.05, 4.69) is 20.1 Å². The normalized spacial score (nSPS) is 21.1. The number of carbonyl (C=O) groups is 3. The minimum Gasteiger partial charge on any atom is -0.477 e. The van der Waals surface area contributed by atoms with Crippen LogP contribution in [0.5, 0.6) is 5.75 Å². The second-order valence-electron chi connectivity index (χ2n) is 10.5. The van der Waals surface area contributed by atoms with Gasteiger partial charge in [-0.15, -0.1) is 13.2 Å². The standard InChI is InChI=1S/C19H21FN4O5.C8H7F4NO/c1-29-17(28)19-5-2-18(3-6-19,4-7-19)10-21-15(25)13-8-12(16(26)27)23-14-11(20)9-22-24(13)14;9-6-2-1-5(4-13)3-7(6)14-8(10,11)12/h8-9H,2-7,10H2,1H3,(H,21,25)(H,26,27);1-3H,4,13H2. The molecule has 6 rings (SSSR count). The fourth-order valence-electron chi connectivity index (χ4n) is 5.49. The van der Waals surface area contributed by atoms with Crippen molar-refractivity contribution in [2.24, 2.45) is 16.6 Å². The largest absolute Gasteiger partial charge is 0.573 e. The minimum absolute atomic E-state index is 0.0223. The highest BCUT2D eigenvalue weighted by Crippen LogP contribution is 2.57. The number of carboxylic acid groups (broad SMARTS) is 1. The molecule has 2 heterocycles. The fraction of sp³-hybridized carbons (Fsp3) is 0.444. The van der Waals surface area contributed by atoms with Gasteiger partial charge in [0.2, 0.25) is 0 Å². The van der Waals surface area contributed by atoms with E-state index in [1.165, 1.54) is 13.2 Å². The highest BCUT2D eigenvalue weighted by Gasteiger charge is 2.53. The molecule has 0 spiro atoms. The summed E-state index contributed by atoms with van der Waals surface area (Å²) >= 11 is 0. The number of hydrogen-bond acceptors (Lipinski definition) is 8. The van der Waals surface area contributed by atoms with Crippen LogP contribution in [0.25, 0.3) is 5.65 Å². The number of ether oxygens (including phenoxy) is 2. The first kappa shape index (κ1) is 31.6. The van der Waals surface area contributed by atoms with E-state index in [4.69, 9.17) is 10.5 Å². The predicted octanol–water partition coefficient (Wildman–Crippen LogP) is 3.99. The van der Waals surface area contributed by atoms with Gasteiger partial charge in [-0.3, -0.25) is 9.59 Å². The van der Waals surface area contributed by atoms with E-state index in [-0.39, 0.29) is 29.3 Å². The molecule has 1 amide bonds. The van der Waals surface area contributed by atoms with Crippen LogP contribution < -0.4 is 15.8 Å². The first-order valence-electron chi connectivity index (χ1n) is 13.1. The van der Waals surface area contributed by atoms with Crippen molar-refractivity contribution in [1.82, 2.24) is 19.9 Å². The molecule has 232 valence electrons. The molecule has 3 aliphatic rings. The van der Waals surface area contributed by atoms with Gasteiger partial charge in [-0.25, -0.2) is 23.1 Å². The Labute approximate surface area is 241 Å². The number of aromatic nitrogens is 3. The summed E-state index contributed by atoms with van der Waals surface area (Å²) in [6.45, 7) is 0.410. The average molecular weight is 614 g/mol. The van der Waals surface area contributed by atoms with Crippen molar-refractivity contribution in [2.75, 3.05) is 13.7 Å². The fourth-order valence-corrected chi connectivity index (χ4v) is 5.49. The Balaban J connectivity index is 0.000000255. The van der Waals surface area contributed by atoms with Crippen LogP contribution in [0.15, 0.2) is 30.5 Å². The molecule has 2 aromatic heterocycles. The molecule has 2 bridgehead atoms. The molecule has 4 N–H and O–H groups in total. The SMILES string of the molecule is COC(=O)C12CCC(CNC(=O)c3cc(C(=O)O)nc4c(F)cnn34)(CC1)CC2.NCc1ccc(F)c(OC(F)(F)F)c1. The number of fused-ring (bicyclic) bond motifs is 4. The summed E-state index contributed by atoms with van der Waals surface area (Å²) in [5, 5.41) is 15.8. The van der Waals surface area contributed by atoms with Crippen molar-refractivity contribution < 1.29 is 50.9 Å². The molecule has 3 aromatic rings. The summed E-state index contributed by atoms with van der Waals surface area (Å²) in [6, 6.07) is 4.17. The Morgan fingerprint density at radius 3 is 2.28 bits per heavy atom. The van der Waals surface area contributed by atoms with Gasteiger partial charge in [0.25, 0.3) is 5.91 Å². The van der Waals surface area contributed by atoms with Crippen LogP contribution in [-0.4, -0.2) is 57.6 Å². The summed E-state index contributed by atoms with van der Waals surface area (Å²) in [4.78, 5) is 39.9. The Kier molecular flexibility index (Phi) is 8.89. The van der Waals surface area contributed by atoms with Gasteiger partial charge in [-0.1, -0.05) is 6.07 Å². The van der Waals surface area contributed by atoms with Gasteiger partial charge in [0.1, 0.15) is 5.69 Å². The molecule has 0 saturated heterocycles. The minimum atomic E-state index is -4.89. The van der Waals surface area contributed by atoms with Crippen LogP contribution in [0, 0.1) is 22.5 Å². The highest BCUT2D eigenvalue weighted by molar-refractivity contribution is 5.96. The van der Waals surface area contributed by atoms with Gasteiger partial charge in [0.05, 0.1) is 18.7 Å². The second-order valence-corrected chi connectivity index (χ2v) is 10.5. The number of halogens is 5. The zero-order valence-electron chi connectivity index (χ0n) is 22.8. The Morgan fingerprint density at radius 1 is 1.07 bits per heavy atom. The number of esters is 1. The van der Waals surface area contributed by atoms with E-state index >= 15 is 0 Å². The molecule has 0 aliphatic heterocycles. The number of carbonyl (C=O) groups excluding carboxylic acids is 2. The van der Waals surface area contributed by atoms with Crippen molar-refractivity contribution in [2.45, 2.75) is 51.4 Å². The molecule has 0 radical (unpaired) electrons. The molecule has 3 fully saturated rings. The quantitative estimate of drug-likeness (QED) is 0.265. The number of nitrogens with one attached hydrogen (secondary N) is 1. The number of methoxy groups -OCH3 is 1. The maximum atomic E-state index is 13.9. The maximum Gasteiger partial charge on any atom is 0.573 e. The number of aromatic carboxylic acids is 1. The van der Waals surface area contributed by atoms with Gasteiger partial charge in [-0.2, -0.15) is 5.10 Å². The summed E-state index contributed by atoms with van der Waals surface area (Å²) in [7, 11) is 1.41. The van der Waals surface area contributed by atoms with Gasteiger partial charge in [0.15, 0.2) is 28.7 Å². The Morgan fingerprint density at radius 2 is 1.72 bits per heavy atom. The monoisotopic (exact) mass is 613 g/mol. The molecule has 0 atom stereocenters. The Hall–Kier alpha value is -4.34. The van der Waals surface area contributed by atoms with Gasteiger partial charge < -0.3 is 25.6 Å². The number of rotatable bonds is 7. The summed E-state index contributed by atoms with van der Waals surface area (Å²) in [6.07, 6.45) is 0.556. The molecule has 16 heteroatoms. The zero-order chi connectivity index (χ0) is 31.6. The smallest absolute Gasteiger partial charge is 0.477 e. The molecule has 3 saturated carbocycles. The third kappa shape index (κ3) is 6.84. The molecule has 0 unspecified atom stereocenters. The number of alkyl halides is 3. The molecular weight excluding hydrogens is 585 g/mol. The van der Waals surface area contributed by atoms with Gasteiger partial charge >= 0.3 is 18.3 Å². The number of benzene rings is 1. The topological polar surface area (TPSA) is 158 Å². The lowest BCUT2D eigenvalue weighted by atomic mass is 9.53. The van der Waals surface area contributed by atoms with Crippen molar-refractivity contribution in [1.29, 1.82) is 0 Å². The van der Waals surface area contributed by atoms with Crippen LogP contribution in [0.1, 0.15) is 65.1 Å². The average Bonchev–Trinajstić information content (AvgIpc) is 3.37. The van der Waals surface area contributed by atoms with Crippen molar-refractivity contribution in [3.63, 3.8) is 0 Å². The van der Waals surface area contributed by atoms with E-state index in [1.54, 1.807) is 0 Å². The van der Waals surface area contributed by atoms with E-state index in [1.807, 2.05) is 0 Å². The Bertz CT molecular complexity index is 1520. The molecule has 1 aromatic carbocycles. The number of carboxylic acids is 1. The maximum absolute atomic E-state index is 13.9. The summed E-state index contributed by atoms with van der Waals surface area (Å²) in [5.74, 6) is -4.80. The number of hydrogen-bond donors (Lipinski definition) is 3. The molecular formula is C27H28F5N5O6. The van der Waals surface area contributed by atoms with Gasteiger partial charge in [0, 0.05) is 19.2 Å². The van der Waals surface area contributed by atoms with Crippen LogP contribution in [-0.2, 0) is 16.1 Å². The molecule has 3 aliphatic carbocycles. The third-order valence-electron chi connectivity index (χ3n) is 7.98. The summed E-state index contributed by atoms with van der Waals surface area (Å²) in [5.41, 5.74) is 4.19. The lowest BCUT2D eigenvalue weighted by Crippen LogP contribution is -2.50. The van der Waals surface area contributed by atoms with E-state index in [9.17, 15) is 41.4 Å². The highest BCUT2D eigenvalue weighted by atomic mass is 19.4. The summed E-state index contributed by atoms with van der Waals surface area (Å²) < 4.78 is 71.2. The number of nitrogens with zero attached hydrogens (tertiary/aromatic N) is 3. The lowest BCUT2D eigenvalue weighted by Gasteiger charge is -2.51. The molecule has 11 nitrogen and oxygen atoms in total. The van der Waals surface area contributed by atoms with Crippen molar-refractivity contribution in [3.8, 4) is 5.75 Å². The first-order chi connectivity index (χ1) is 20.2. The zero-order valence-corrected chi connectivity index (χ0v) is 22.8. The van der Waals surface area contributed by atoms with E-state index in [0.29, 0.717) is 12.1 Å². The van der Waals surface area contributed by atoms with Gasteiger partial charge in [-0.05, 0) is 61.6 Å². The predicted molar refractivity (Wildman–Crippen MR) is 138 cm³/mol. The van der Waals surface area contributed by atoms with Crippen LogP contribution in [0.3, 0.4) is 0 Å². The second kappa shape index (κ2) is 12.1. The van der Waals surface area contributed by atoms with Crippen molar-refractivity contribution in [3.05, 3.63) is 59.0 Å². The first-order valence-corrected chi connectivity index (χ1v) is 13.1. The third-order valence-corrected chi connectivity index (χ3v) is 7.98. The van der Waals surface area contributed by atoms with Crippen LogP contribution >= 0.6 is 0 Å². The van der Waals surface area contributed by atoms with Crippen LogP contribution in [0.2, 0.25) is 0 Å². The van der Waals surface area contributed by atoms with E-state index < -0.39 is 46.7 Å².